The molecule has 2 amide bonds. The van der Waals surface area contributed by atoms with Gasteiger partial charge in [0.25, 0.3) is 5.91 Å². The molecule has 1 aliphatic rings. The maximum atomic E-state index is 13.2. The van der Waals surface area contributed by atoms with Crippen LogP contribution in [0.1, 0.15) is 21.5 Å². The molecule has 1 aromatic heterocycles. The van der Waals surface area contributed by atoms with Crippen molar-refractivity contribution < 1.29 is 9.59 Å². The lowest BCUT2D eigenvalue weighted by Crippen LogP contribution is -2.38. The van der Waals surface area contributed by atoms with Gasteiger partial charge in [-0.1, -0.05) is 30.0 Å². The fourth-order valence-corrected chi connectivity index (χ4v) is 4.10. The van der Waals surface area contributed by atoms with Crippen molar-refractivity contribution in [2.75, 3.05) is 16.8 Å². The van der Waals surface area contributed by atoms with E-state index in [1.807, 2.05) is 56.3 Å². The van der Waals surface area contributed by atoms with E-state index >= 15 is 0 Å². The number of anilines is 2. The second-order valence-electron chi connectivity index (χ2n) is 6.66. The maximum absolute atomic E-state index is 13.2. The third kappa shape index (κ3) is 3.51. The number of fused-ring (bicyclic) bond motifs is 2. The topological polar surface area (TPSA) is 62.3 Å². The van der Waals surface area contributed by atoms with Crippen LogP contribution in [0.2, 0.25) is 0 Å². The molecule has 0 bridgehead atoms. The number of hydrogen-bond donors (Lipinski definition) is 1. The molecule has 4 rings (SSSR count). The number of nitrogens with zero attached hydrogens (tertiary/aromatic N) is 2. The fourth-order valence-electron chi connectivity index (χ4n) is 3.08. The molecule has 0 fully saturated rings. The summed E-state index contributed by atoms with van der Waals surface area (Å²) in [6, 6.07) is 16.8. The van der Waals surface area contributed by atoms with Gasteiger partial charge >= 0.3 is 0 Å². The lowest BCUT2D eigenvalue weighted by molar-refractivity contribution is -0.114. The van der Waals surface area contributed by atoms with Crippen molar-refractivity contribution in [3.63, 3.8) is 0 Å². The number of benzene rings is 2. The molecule has 0 unspecified atom stereocenters. The first-order valence-electron chi connectivity index (χ1n) is 8.94. The summed E-state index contributed by atoms with van der Waals surface area (Å²) in [6.07, 6.45) is 1.67. The molecular weight excluding hydrogens is 370 g/mol. The van der Waals surface area contributed by atoms with Crippen LogP contribution >= 0.6 is 11.8 Å². The van der Waals surface area contributed by atoms with E-state index in [9.17, 15) is 9.59 Å². The van der Waals surface area contributed by atoms with Gasteiger partial charge in [-0.2, -0.15) is 0 Å². The highest BCUT2D eigenvalue weighted by molar-refractivity contribution is 7.99. The molecule has 2 aromatic carbocycles. The van der Waals surface area contributed by atoms with Crippen LogP contribution in [-0.4, -0.2) is 23.3 Å². The fraction of sp³-hybridized carbons (Fsp3) is 0.136. The number of aromatic nitrogens is 1. The average Bonchev–Trinajstić information content (AvgIpc) is 2.80. The number of hydrogen-bond acceptors (Lipinski definition) is 4. The smallest absolute Gasteiger partial charge is 0.261 e. The van der Waals surface area contributed by atoms with Gasteiger partial charge in [0.2, 0.25) is 5.91 Å². The van der Waals surface area contributed by atoms with Crippen molar-refractivity contribution in [2.45, 2.75) is 23.8 Å². The number of carbonyl (C=O) groups is 2. The van der Waals surface area contributed by atoms with Crippen LogP contribution in [0, 0.1) is 13.8 Å². The molecule has 0 saturated carbocycles. The Bertz CT molecular complexity index is 1080. The molecular formula is C22H19N3O2S. The highest BCUT2D eigenvalue weighted by Crippen LogP contribution is 2.39. The number of aryl methyl sites for hydroxylation is 2. The van der Waals surface area contributed by atoms with E-state index < -0.39 is 0 Å². The van der Waals surface area contributed by atoms with E-state index in [0.29, 0.717) is 16.3 Å². The Hall–Kier alpha value is -3.12. The van der Waals surface area contributed by atoms with Crippen molar-refractivity contribution in [1.82, 2.24) is 4.98 Å². The Morgan fingerprint density at radius 1 is 1.07 bits per heavy atom. The quantitative estimate of drug-likeness (QED) is 0.719. The Kier molecular flexibility index (Phi) is 4.88. The van der Waals surface area contributed by atoms with E-state index in [1.165, 1.54) is 16.7 Å². The Morgan fingerprint density at radius 2 is 1.89 bits per heavy atom. The average molecular weight is 389 g/mol. The predicted molar refractivity (Wildman–Crippen MR) is 111 cm³/mol. The maximum Gasteiger partial charge on any atom is 0.261 e. The summed E-state index contributed by atoms with van der Waals surface area (Å²) in [5.41, 5.74) is 4.20. The summed E-state index contributed by atoms with van der Waals surface area (Å²) in [4.78, 5) is 32.7. The van der Waals surface area contributed by atoms with Crippen molar-refractivity contribution in [1.29, 1.82) is 0 Å². The molecule has 0 spiro atoms. The predicted octanol–water partition coefficient (Wildman–Crippen LogP) is 4.45. The molecule has 140 valence electrons. The molecule has 0 atom stereocenters. The van der Waals surface area contributed by atoms with E-state index in [0.717, 1.165) is 21.7 Å². The van der Waals surface area contributed by atoms with Crippen LogP contribution in [0.5, 0.6) is 0 Å². The summed E-state index contributed by atoms with van der Waals surface area (Å²) in [7, 11) is 0. The van der Waals surface area contributed by atoms with E-state index in [4.69, 9.17) is 0 Å². The number of carbonyl (C=O) groups excluding carboxylic acids is 2. The molecule has 0 radical (unpaired) electrons. The van der Waals surface area contributed by atoms with Crippen LogP contribution in [0.15, 0.2) is 70.7 Å². The van der Waals surface area contributed by atoms with Crippen LogP contribution < -0.4 is 10.2 Å². The third-order valence-electron chi connectivity index (χ3n) is 4.70. The van der Waals surface area contributed by atoms with Crippen molar-refractivity contribution in [3.8, 4) is 0 Å². The number of nitrogens with one attached hydrogen (secondary N) is 1. The van der Waals surface area contributed by atoms with Gasteiger partial charge in [0.05, 0.1) is 11.3 Å². The number of pyridine rings is 1. The zero-order chi connectivity index (χ0) is 19.7. The molecule has 0 saturated heterocycles. The van der Waals surface area contributed by atoms with Gasteiger partial charge in [-0.15, -0.1) is 0 Å². The highest BCUT2D eigenvalue weighted by atomic mass is 32.2. The van der Waals surface area contributed by atoms with Gasteiger partial charge in [0.15, 0.2) is 0 Å². The molecule has 5 nitrogen and oxygen atoms in total. The second kappa shape index (κ2) is 7.48. The summed E-state index contributed by atoms with van der Waals surface area (Å²) in [5.74, 6) is -0.473. The minimum Gasteiger partial charge on any atom is -0.325 e. The molecule has 3 aromatic rings. The van der Waals surface area contributed by atoms with Crippen molar-refractivity contribution in [3.05, 3.63) is 77.5 Å². The largest absolute Gasteiger partial charge is 0.325 e. The lowest BCUT2D eigenvalue weighted by Gasteiger charge is -2.22. The zero-order valence-corrected chi connectivity index (χ0v) is 16.4. The monoisotopic (exact) mass is 389 g/mol. The van der Waals surface area contributed by atoms with Gasteiger partial charge in [-0.25, -0.2) is 4.98 Å². The first-order valence-corrected chi connectivity index (χ1v) is 9.75. The lowest BCUT2D eigenvalue weighted by atomic mass is 10.1. The van der Waals surface area contributed by atoms with Crippen molar-refractivity contribution in [2.24, 2.45) is 0 Å². The van der Waals surface area contributed by atoms with Crippen LogP contribution in [0.3, 0.4) is 0 Å². The molecule has 6 heteroatoms. The van der Waals surface area contributed by atoms with Crippen LogP contribution in [0.4, 0.5) is 11.4 Å². The van der Waals surface area contributed by atoms with E-state index in [-0.39, 0.29) is 18.4 Å². The van der Waals surface area contributed by atoms with Gasteiger partial charge in [0, 0.05) is 16.8 Å². The Morgan fingerprint density at radius 3 is 2.71 bits per heavy atom. The minimum absolute atomic E-state index is 0.0718. The molecule has 1 aliphatic heterocycles. The summed E-state index contributed by atoms with van der Waals surface area (Å²) < 4.78 is 0. The SMILES string of the molecule is Cc1ccc(NC(=O)CN2C(=O)c3cccnc3Sc3ccccc32)cc1C. The third-order valence-corrected chi connectivity index (χ3v) is 5.79. The van der Waals surface area contributed by atoms with E-state index in [2.05, 4.69) is 10.3 Å². The normalized spacial score (nSPS) is 12.8. The van der Waals surface area contributed by atoms with Crippen molar-refractivity contribution >= 4 is 35.0 Å². The first-order chi connectivity index (χ1) is 13.5. The molecule has 28 heavy (non-hydrogen) atoms. The number of amides is 2. The first kappa shape index (κ1) is 18.3. The highest BCUT2D eigenvalue weighted by Gasteiger charge is 2.29. The summed E-state index contributed by atoms with van der Waals surface area (Å²) in [6.45, 7) is 3.95. The minimum atomic E-state index is -0.247. The summed E-state index contributed by atoms with van der Waals surface area (Å²) in [5, 5.41) is 3.55. The van der Waals surface area contributed by atoms with Gasteiger partial charge in [-0.05, 0) is 61.4 Å². The standard InChI is InChI=1S/C22H19N3O2S/c1-14-9-10-16(12-15(14)2)24-20(26)13-25-18-7-3-4-8-19(18)28-21-17(22(25)27)6-5-11-23-21/h3-12H,13H2,1-2H3,(H,24,26). The second-order valence-corrected chi connectivity index (χ2v) is 7.70. The zero-order valence-electron chi connectivity index (χ0n) is 15.6. The Labute approximate surface area is 167 Å². The summed E-state index contributed by atoms with van der Waals surface area (Å²) >= 11 is 1.44. The molecule has 2 heterocycles. The van der Waals surface area contributed by atoms with Gasteiger partial charge < -0.3 is 5.32 Å². The van der Waals surface area contributed by atoms with Gasteiger partial charge in [0.1, 0.15) is 11.6 Å². The number of rotatable bonds is 3. The van der Waals surface area contributed by atoms with Crippen LogP contribution in [-0.2, 0) is 4.79 Å². The number of para-hydroxylation sites is 1. The van der Waals surface area contributed by atoms with Gasteiger partial charge in [-0.3, -0.25) is 14.5 Å². The Balaban J connectivity index is 1.64. The van der Waals surface area contributed by atoms with Crippen LogP contribution in [0.25, 0.3) is 0 Å². The molecule has 1 N–H and O–H groups in total. The van der Waals surface area contributed by atoms with E-state index in [1.54, 1.807) is 18.3 Å². The molecule has 0 aliphatic carbocycles.